The maximum atomic E-state index is 12.3. The van der Waals surface area contributed by atoms with Gasteiger partial charge in [0.25, 0.3) is 0 Å². The van der Waals surface area contributed by atoms with E-state index < -0.39 is 29.0 Å². The van der Waals surface area contributed by atoms with E-state index in [4.69, 9.17) is 10.5 Å². The first kappa shape index (κ1) is 15.1. The molecule has 2 fully saturated rings. The summed E-state index contributed by atoms with van der Waals surface area (Å²) in [5.74, 6) is -2.35. The van der Waals surface area contributed by atoms with Gasteiger partial charge in [0.1, 0.15) is 17.0 Å². The van der Waals surface area contributed by atoms with E-state index >= 15 is 0 Å². The second-order valence-electron chi connectivity index (χ2n) is 6.08. The molecule has 0 radical (unpaired) electrons. The second-order valence-corrected chi connectivity index (χ2v) is 7.19. The molecule has 0 aliphatic carbocycles. The number of carboxylic acid groups (broad SMARTS) is 1. The van der Waals surface area contributed by atoms with Gasteiger partial charge in [-0.3, -0.25) is 14.4 Å². The lowest BCUT2D eigenvalue weighted by Crippen LogP contribution is -2.73. The summed E-state index contributed by atoms with van der Waals surface area (Å²) in [6.45, 7) is 4.83. The zero-order chi connectivity index (χ0) is 15.3. The summed E-state index contributed by atoms with van der Waals surface area (Å²) in [5.41, 5.74) is 3.14. The van der Waals surface area contributed by atoms with E-state index in [1.165, 1.54) is 16.7 Å². The third kappa shape index (κ3) is 2.26. The largest absolute Gasteiger partial charge is 0.480 e. The molecule has 0 bridgehead atoms. The molecule has 0 aromatic rings. The van der Waals surface area contributed by atoms with Gasteiger partial charge in [-0.05, 0) is 20.8 Å². The number of ether oxygens (including phenoxy) is 1. The van der Waals surface area contributed by atoms with Crippen molar-refractivity contribution >= 4 is 29.6 Å². The summed E-state index contributed by atoms with van der Waals surface area (Å²) in [7, 11) is 0. The predicted octanol–water partition coefficient (Wildman–Crippen LogP) is -0.358. The maximum Gasteiger partial charge on any atom is 0.326 e. The lowest BCUT2D eigenvalue weighted by molar-refractivity contribution is -0.179. The molecule has 3 atom stereocenters. The maximum absolute atomic E-state index is 12.3. The Balaban J connectivity index is 2.22. The first-order valence-electron chi connectivity index (χ1n) is 6.23. The summed E-state index contributed by atoms with van der Waals surface area (Å²) in [4.78, 5) is 36.8. The van der Waals surface area contributed by atoms with E-state index in [1.807, 2.05) is 0 Å². The smallest absolute Gasteiger partial charge is 0.326 e. The fourth-order valence-corrected chi connectivity index (χ4v) is 3.66. The SMILES string of the molecule is CC(C)(C)OC(=O)C1(C(=O)O)CS[C@@H]2C(N)C(=O)N2C1. The van der Waals surface area contributed by atoms with Gasteiger partial charge in [0.15, 0.2) is 5.41 Å². The molecule has 2 aliphatic heterocycles. The molecule has 3 N–H and O–H groups in total. The van der Waals surface area contributed by atoms with Gasteiger partial charge in [0, 0.05) is 12.3 Å². The van der Waals surface area contributed by atoms with Crippen molar-refractivity contribution in [1.82, 2.24) is 4.90 Å². The highest BCUT2D eigenvalue weighted by molar-refractivity contribution is 8.00. The van der Waals surface area contributed by atoms with Gasteiger partial charge in [-0.1, -0.05) is 0 Å². The number of rotatable bonds is 2. The minimum atomic E-state index is -1.72. The number of fused-ring (bicyclic) bond motifs is 1. The van der Waals surface area contributed by atoms with Crippen molar-refractivity contribution in [3.8, 4) is 0 Å². The van der Waals surface area contributed by atoms with E-state index in [0.717, 1.165) is 0 Å². The Bertz CT molecular complexity index is 475. The summed E-state index contributed by atoms with van der Waals surface area (Å²) < 4.78 is 5.21. The summed E-state index contributed by atoms with van der Waals surface area (Å²) >= 11 is 1.21. The Morgan fingerprint density at radius 3 is 2.60 bits per heavy atom. The fourth-order valence-electron chi connectivity index (χ4n) is 2.19. The van der Waals surface area contributed by atoms with Crippen LogP contribution in [0.3, 0.4) is 0 Å². The van der Waals surface area contributed by atoms with Crippen LogP contribution in [0.4, 0.5) is 0 Å². The average Bonchev–Trinajstić information content (AvgIpc) is 2.34. The van der Waals surface area contributed by atoms with Gasteiger partial charge in [-0.25, -0.2) is 0 Å². The van der Waals surface area contributed by atoms with Crippen LogP contribution in [-0.4, -0.2) is 57.2 Å². The van der Waals surface area contributed by atoms with E-state index in [0.29, 0.717) is 0 Å². The standard InChI is InChI=1S/C12H18N2O5S/c1-11(2,3)19-10(18)12(9(16)17)4-14-7(15)6(13)8(14)20-5-12/h6,8H,4-5,13H2,1-3H3,(H,16,17)/t6?,8-,12?/m1/s1. The molecule has 20 heavy (non-hydrogen) atoms. The van der Waals surface area contributed by atoms with Gasteiger partial charge in [-0.2, -0.15) is 0 Å². The van der Waals surface area contributed by atoms with Crippen LogP contribution < -0.4 is 5.73 Å². The number of thioether (sulfide) groups is 1. The van der Waals surface area contributed by atoms with Gasteiger partial charge in [0.2, 0.25) is 5.91 Å². The third-order valence-electron chi connectivity index (χ3n) is 3.32. The molecule has 112 valence electrons. The summed E-state index contributed by atoms with van der Waals surface area (Å²) in [6.07, 6.45) is 0. The Morgan fingerprint density at radius 2 is 2.10 bits per heavy atom. The van der Waals surface area contributed by atoms with Gasteiger partial charge >= 0.3 is 11.9 Å². The molecule has 2 saturated heterocycles. The van der Waals surface area contributed by atoms with Crippen LogP contribution in [0.15, 0.2) is 0 Å². The molecule has 1 amide bonds. The number of carbonyl (C=O) groups is 3. The Hall–Kier alpha value is -1.28. The second kappa shape index (κ2) is 4.63. The van der Waals surface area contributed by atoms with Gasteiger partial charge < -0.3 is 20.5 Å². The highest BCUT2D eigenvalue weighted by Gasteiger charge is 2.60. The number of hydrogen-bond donors (Lipinski definition) is 2. The van der Waals surface area contributed by atoms with Crippen molar-refractivity contribution in [2.45, 2.75) is 37.8 Å². The number of aliphatic carboxylic acids is 1. The zero-order valence-electron chi connectivity index (χ0n) is 11.6. The molecule has 2 heterocycles. The van der Waals surface area contributed by atoms with Crippen molar-refractivity contribution in [3.63, 3.8) is 0 Å². The van der Waals surface area contributed by atoms with Crippen molar-refractivity contribution in [2.24, 2.45) is 11.1 Å². The summed E-state index contributed by atoms with van der Waals surface area (Å²) in [5, 5.41) is 9.21. The number of esters is 1. The van der Waals surface area contributed by atoms with Crippen LogP contribution in [0.5, 0.6) is 0 Å². The number of β-lactam (4-membered cyclic amide) rings is 1. The first-order valence-corrected chi connectivity index (χ1v) is 7.28. The van der Waals surface area contributed by atoms with Crippen LogP contribution >= 0.6 is 11.8 Å². The quantitative estimate of drug-likeness (QED) is 0.407. The number of amides is 1. The van der Waals surface area contributed by atoms with Crippen LogP contribution in [-0.2, 0) is 19.1 Å². The molecular weight excluding hydrogens is 284 g/mol. The van der Waals surface area contributed by atoms with E-state index in [1.54, 1.807) is 20.8 Å². The van der Waals surface area contributed by atoms with Gasteiger partial charge in [-0.15, -0.1) is 11.8 Å². The monoisotopic (exact) mass is 302 g/mol. The van der Waals surface area contributed by atoms with E-state index in [2.05, 4.69) is 0 Å². The Kier molecular flexibility index (Phi) is 3.50. The van der Waals surface area contributed by atoms with Crippen molar-refractivity contribution < 1.29 is 24.2 Å². The lowest BCUT2D eigenvalue weighted by atomic mass is 9.87. The Labute approximate surface area is 120 Å². The van der Waals surface area contributed by atoms with Crippen molar-refractivity contribution in [2.75, 3.05) is 12.3 Å². The molecule has 0 aromatic heterocycles. The normalized spacial score (nSPS) is 33.2. The van der Waals surface area contributed by atoms with Crippen molar-refractivity contribution in [3.05, 3.63) is 0 Å². The topological polar surface area (TPSA) is 110 Å². The lowest BCUT2D eigenvalue weighted by Gasteiger charge is -2.52. The predicted molar refractivity (Wildman–Crippen MR) is 71.8 cm³/mol. The number of carboxylic acids is 1. The zero-order valence-corrected chi connectivity index (χ0v) is 12.4. The molecule has 2 aliphatic rings. The third-order valence-corrected chi connectivity index (χ3v) is 4.87. The highest BCUT2D eigenvalue weighted by Crippen LogP contribution is 2.42. The number of nitrogens with zero attached hydrogens (tertiary/aromatic N) is 1. The van der Waals surface area contributed by atoms with Crippen molar-refractivity contribution in [1.29, 1.82) is 0 Å². The molecule has 2 rings (SSSR count). The van der Waals surface area contributed by atoms with Crippen LogP contribution in [0.25, 0.3) is 0 Å². The molecule has 2 unspecified atom stereocenters. The average molecular weight is 302 g/mol. The minimum absolute atomic E-state index is 0.0550. The van der Waals surface area contributed by atoms with Crippen LogP contribution in [0, 0.1) is 5.41 Å². The molecule has 0 aromatic carbocycles. The molecule has 7 nitrogen and oxygen atoms in total. The minimum Gasteiger partial charge on any atom is -0.480 e. The molecule has 8 heteroatoms. The number of nitrogens with two attached hydrogens (primary N) is 1. The van der Waals surface area contributed by atoms with E-state index in [-0.39, 0.29) is 23.6 Å². The first-order chi connectivity index (χ1) is 9.08. The fraction of sp³-hybridized carbons (Fsp3) is 0.750. The molecule has 0 saturated carbocycles. The van der Waals surface area contributed by atoms with Crippen LogP contribution in [0.1, 0.15) is 20.8 Å². The summed E-state index contributed by atoms with van der Waals surface area (Å²) in [6, 6.07) is -0.606. The van der Waals surface area contributed by atoms with E-state index in [9.17, 15) is 19.5 Å². The molecule has 0 spiro atoms. The Morgan fingerprint density at radius 1 is 1.50 bits per heavy atom. The number of carbonyl (C=O) groups excluding carboxylic acids is 2. The van der Waals surface area contributed by atoms with Crippen LogP contribution in [0.2, 0.25) is 0 Å². The van der Waals surface area contributed by atoms with Gasteiger partial charge in [0.05, 0.1) is 0 Å². The highest BCUT2D eigenvalue weighted by atomic mass is 32.2. The number of hydrogen-bond acceptors (Lipinski definition) is 6. The molecular formula is C12H18N2O5S.